The number of ether oxygens (including phenoxy) is 1. The van der Waals surface area contributed by atoms with Gasteiger partial charge < -0.3 is 25.6 Å². The van der Waals surface area contributed by atoms with Crippen molar-refractivity contribution in [1.29, 1.82) is 0 Å². The van der Waals surface area contributed by atoms with Crippen molar-refractivity contribution in [3.8, 4) is 0 Å². The van der Waals surface area contributed by atoms with Crippen molar-refractivity contribution in [2.45, 2.75) is 81.9 Å². The molecule has 0 aromatic heterocycles. The summed E-state index contributed by atoms with van der Waals surface area (Å²) < 4.78 is 5.99. The van der Waals surface area contributed by atoms with E-state index in [2.05, 4.69) is 20.4 Å². The maximum atomic E-state index is 12.6. The Bertz CT molecular complexity index is 545. The van der Waals surface area contributed by atoms with E-state index in [4.69, 9.17) is 4.74 Å². The zero-order valence-electron chi connectivity index (χ0n) is 18.2. The molecule has 3 saturated heterocycles. The largest absolute Gasteiger partial charge is 0.394 e. The van der Waals surface area contributed by atoms with Gasteiger partial charge in [-0.25, -0.2) is 0 Å². The molecule has 4 N–H and O–H groups in total. The van der Waals surface area contributed by atoms with E-state index < -0.39 is 12.2 Å². The van der Waals surface area contributed by atoms with Crippen LogP contribution in [0.25, 0.3) is 0 Å². The number of piperazine rings is 1. The lowest BCUT2D eigenvalue weighted by atomic mass is 9.88. The number of nitrogens with zero attached hydrogens (tertiary/aromatic N) is 2. The Labute approximate surface area is 180 Å². The molecular weight excluding hydrogens is 384 g/mol. The molecule has 5 unspecified atom stereocenters. The Balaban J connectivity index is 1.32. The van der Waals surface area contributed by atoms with Gasteiger partial charge in [0.2, 0.25) is 5.91 Å². The fourth-order valence-corrected chi connectivity index (χ4v) is 5.80. The Kier molecular flexibility index (Phi) is 8.00. The van der Waals surface area contributed by atoms with E-state index in [0.29, 0.717) is 12.7 Å². The van der Waals surface area contributed by atoms with Crippen LogP contribution in [-0.4, -0.2) is 102 Å². The minimum atomic E-state index is -0.731. The zero-order valence-corrected chi connectivity index (χ0v) is 18.2. The van der Waals surface area contributed by atoms with Gasteiger partial charge in [-0.05, 0) is 38.6 Å². The summed E-state index contributed by atoms with van der Waals surface area (Å²) in [4.78, 5) is 17.4. The van der Waals surface area contributed by atoms with Crippen LogP contribution in [-0.2, 0) is 9.53 Å². The van der Waals surface area contributed by atoms with E-state index in [-0.39, 0.29) is 30.6 Å². The molecule has 4 aliphatic rings. The minimum absolute atomic E-state index is 0.115. The van der Waals surface area contributed by atoms with Gasteiger partial charge in [-0.1, -0.05) is 19.3 Å². The molecule has 0 bridgehead atoms. The number of piperidine rings is 1. The normalized spacial score (nSPS) is 37.3. The zero-order chi connectivity index (χ0) is 20.9. The van der Waals surface area contributed by atoms with Crippen molar-refractivity contribution >= 4 is 5.91 Å². The second kappa shape index (κ2) is 10.7. The number of rotatable bonds is 6. The monoisotopic (exact) mass is 424 g/mol. The summed E-state index contributed by atoms with van der Waals surface area (Å²) >= 11 is 0. The quantitative estimate of drug-likeness (QED) is 0.472. The van der Waals surface area contributed by atoms with Gasteiger partial charge in [0, 0.05) is 38.6 Å². The molecule has 5 atom stereocenters. The van der Waals surface area contributed by atoms with Crippen molar-refractivity contribution in [2.75, 3.05) is 45.9 Å². The SMILES string of the molecule is O=C(NCC1OC(CO)C(O)C1N1CCN(C2CCCCN2)CC1)C1CCCCC1. The number of aliphatic hydroxyl groups is 2. The summed E-state index contributed by atoms with van der Waals surface area (Å²) in [5, 5.41) is 27.2. The van der Waals surface area contributed by atoms with E-state index in [9.17, 15) is 15.0 Å². The van der Waals surface area contributed by atoms with Crippen molar-refractivity contribution in [2.24, 2.45) is 5.92 Å². The first kappa shape index (κ1) is 22.4. The molecule has 3 aliphatic heterocycles. The lowest BCUT2D eigenvalue weighted by molar-refractivity contribution is -0.126. The molecule has 1 amide bonds. The van der Waals surface area contributed by atoms with Crippen LogP contribution in [0.5, 0.6) is 0 Å². The average Bonchev–Trinajstić information content (AvgIpc) is 3.14. The Morgan fingerprint density at radius 3 is 2.33 bits per heavy atom. The molecule has 4 rings (SSSR count). The molecule has 0 radical (unpaired) electrons. The number of amides is 1. The molecule has 0 aromatic rings. The Morgan fingerprint density at radius 1 is 0.967 bits per heavy atom. The van der Waals surface area contributed by atoms with Crippen LogP contribution in [0.4, 0.5) is 0 Å². The highest BCUT2D eigenvalue weighted by molar-refractivity contribution is 5.78. The fraction of sp³-hybridized carbons (Fsp3) is 0.955. The number of carbonyl (C=O) groups is 1. The van der Waals surface area contributed by atoms with Crippen LogP contribution in [0.15, 0.2) is 0 Å². The second-order valence-electron chi connectivity index (χ2n) is 9.49. The third-order valence-electron chi connectivity index (χ3n) is 7.59. The van der Waals surface area contributed by atoms with Crippen LogP contribution in [0.2, 0.25) is 0 Å². The number of carbonyl (C=O) groups excluding carboxylic acids is 1. The van der Waals surface area contributed by atoms with Crippen LogP contribution >= 0.6 is 0 Å². The highest BCUT2D eigenvalue weighted by Gasteiger charge is 2.47. The third-order valence-corrected chi connectivity index (χ3v) is 7.59. The van der Waals surface area contributed by atoms with Crippen molar-refractivity contribution < 1.29 is 19.7 Å². The first-order valence-electron chi connectivity index (χ1n) is 12.1. The summed E-state index contributed by atoms with van der Waals surface area (Å²) in [6.45, 7) is 4.97. The van der Waals surface area contributed by atoms with E-state index >= 15 is 0 Å². The lowest BCUT2D eigenvalue weighted by Crippen LogP contribution is -2.61. The Hall–Kier alpha value is -0.770. The maximum Gasteiger partial charge on any atom is 0.223 e. The molecule has 3 heterocycles. The van der Waals surface area contributed by atoms with Gasteiger partial charge in [0.25, 0.3) is 0 Å². The molecule has 30 heavy (non-hydrogen) atoms. The summed E-state index contributed by atoms with van der Waals surface area (Å²) in [6.07, 6.45) is 8.06. The van der Waals surface area contributed by atoms with Gasteiger partial charge in [-0.3, -0.25) is 14.6 Å². The molecular formula is C22H40N4O4. The predicted octanol–water partition coefficient (Wildman–Crippen LogP) is -0.111. The highest BCUT2D eigenvalue weighted by Crippen LogP contribution is 2.28. The highest BCUT2D eigenvalue weighted by atomic mass is 16.5. The van der Waals surface area contributed by atoms with Crippen LogP contribution in [0, 0.1) is 5.92 Å². The summed E-state index contributed by atoms with van der Waals surface area (Å²) in [7, 11) is 0. The minimum Gasteiger partial charge on any atom is -0.394 e. The third kappa shape index (κ3) is 5.16. The summed E-state index contributed by atoms with van der Waals surface area (Å²) in [5.74, 6) is 0.232. The van der Waals surface area contributed by atoms with E-state index in [1.54, 1.807) is 0 Å². The van der Waals surface area contributed by atoms with E-state index in [1.165, 1.54) is 25.7 Å². The summed E-state index contributed by atoms with van der Waals surface area (Å²) in [6, 6.07) is -0.185. The molecule has 8 nitrogen and oxygen atoms in total. The molecule has 172 valence electrons. The smallest absolute Gasteiger partial charge is 0.223 e. The Morgan fingerprint density at radius 2 is 1.67 bits per heavy atom. The molecule has 1 saturated carbocycles. The van der Waals surface area contributed by atoms with Gasteiger partial charge in [0.1, 0.15) is 12.2 Å². The molecule has 8 heteroatoms. The van der Waals surface area contributed by atoms with E-state index in [0.717, 1.165) is 58.4 Å². The first-order chi connectivity index (χ1) is 14.7. The number of aliphatic hydroxyl groups excluding tert-OH is 2. The van der Waals surface area contributed by atoms with Crippen molar-refractivity contribution in [1.82, 2.24) is 20.4 Å². The molecule has 1 aliphatic carbocycles. The van der Waals surface area contributed by atoms with Gasteiger partial charge in [-0.2, -0.15) is 0 Å². The molecule has 0 spiro atoms. The van der Waals surface area contributed by atoms with Gasteiger partial charge in [0.15, 0.2) is 0 Å². The fourth-order valence-electron chi connectivity index (χ4n) is 5.80. The molecule has 4 fully saturated rings. The molecule has 0 aromatic carbocycles. The number of nitrogens with one attached hydrogen (secondary N) is 2. The van der Waals surface area contributed by atoms with E-state index in [1.807, 2.05) is 0 Å². The topological polar surface area (TPSA) is 97.3 Å². The van der Waals surface area contributed by atoms with Crippen molar-refractivity contribution in [3.05, 3.63) is 0 Å². The average molecular weight is 425 g/mol. The van der Waals surface area contributed by atoms with Crippen molar-refractivity contribution in [3.63, 3.8) is 0 Å². The number of hydrogen-bond donors (Lipinski definition) is 4. The van der Waals surface area contributed by atoms with Crippen LogP contribution in [0.1, 0.15) is 51.4 Å². The van der Waals surface area contributed by atoms with Crippen LogP contribution in [0.3, 0.4) is 0 Å². The lowest BCUT2D eigenvalue weighted by Gasteiger charge is -2.44. The number of hydrogen-bond acceptors (Lipinski definition) is 7. The second-order valence-corrected chi connectivity index (χ2v) is 9.49. The summed E-state index contributed by atoms with van der Waals surface area (Å²) in [5.41, 5.74) is 0. The predicted molar refractivity (Wildman–Crippen MR) is 114 cm³/mol. The first-order valence-corrected chi connectivity index (χ1v) is 12.1. The van der Waals surface area contributed by atoms with Gasteiger partial charge in [0.05, 0.1) is 24.9 Å². The van der Waals surface area contributed by atoms with Gasteiger partial charge in [-0.15, -0.1) is 0 Å². The standard InChI is InChI=1S/C22H40N4O4/c27-15-18-21(28)20(17(30-18)14-24-22(29)16-6-2-1-3-7-16)26-12-10-25(11-13-26)19-8-4-5-9-23-19/h16-21,23,27-28H,1-15H2,(H,24,29). The van der Waals surface area contributed by atoms with Gasteiger partial charge >= 0.3 is 0 Å². The van der Waals surface area contributed by atoms with Crippen LogP contribution < -0.4 is 10.6 Å². The maximum absolute atomic E-state index is 12.6.